The number of hydrogen-bond acceptors (Lipinski definition) is 4. The van der Waals surface area contributed by atoms with Crippen LogP contribution in [0.2, 0.25) is 0 Å². The number of tetrazole rings is 1. The molecule has 0 radical (unpaired) electrons. The van der Waals surface area contributed by atoms with Crippen molar-refractivity contribution in [1.29, 1.82) is 0 Å². The third-order valence-corrected chi connectivity index (χ3v) is 4.22. The number of aromatic nitrogens is 4. The predicted octanol–water partition coefficient (Wildman–Crippen LogP) is 4.16. The first-order chi connectivity index (χ1) is 11.8. The van der Waals surface area contributed by atoms with Crippen LogP contribution in [0, 0.1) is 0 Å². The molecule has 0 atom stereocenters. The molecule has 0 N–H and O–H groups in total. The van der Waals surface area contributed by atoms with Gasteiger partial charge >= 0.3 is 0 Å². The Bertz CT molecular complexity index is 982. The summed E-state index contributed by atoms with van der Waals surface area (Å²) >= 11 is 3.42. The van der Waals surface area contributed by atoms with Gasteiger partial charge in [0.15, 0.2) is 5.82 Å². The smallest absolute Gasteiger partial charge is 0.194 e. The van der Waals surface area contributed by atoms with Crippen LogP contribution in [0.5, 0.6) is 5.75 Å². The van der Waals surface area contributed by atoms with Gasteiger partial charge in [-0.15, -0.1) is 5.10 Å². The van der Waals surface area contributed by atoms with Crippen LogP contribution in [0.1, 0.15) is 5.82 Å². The summed E-state index contributed by atoms with van der Waals surface area (Å²) in [6, 6.07) is 22.0. The van der Waals surface area contributed by atoms with Gasteiger partial charge in [0.2, 0.25) is 0 Å². The van der Waals surface area contributed by atoms with Crippen molar-refractivity contribution in [3.05, 3.63) is 77.0 Å². The molecule has 1 aromatic heterocycles. The summed E-state index contributed by atoms with van der Waals surface area (Å²) in [5, 5.41) is 14.2. The summed E-state index contributed by atoms with van der Waals surface area (Å²) in [6.07, 6.45) is 0. The van der Waals surface area contributed by atoms with E-state index in [-0.39, 0.29) is 0 Å². The SMILES string of the molecule is Brc1ccc(-n2nnnc2COc2ccc3ccccc3c2)cc1. The van der Waals surface area contributed by atoms with Gasteiger partial charge in [-0.1, -0.05) is 46.3 Å². The number of hydrogen-bond donors (Lipinski definition) is 0. The Labute approximate surface area is 147 Å². The average molecular weight is 381 g/mol. The normalized spacial score (nSPS) is 10.9. The van der Waals surface area contributed by atoms with E-state index in [9.17, 15) is 0 Å². The molecule has 0 bridgehead atoms. The van der Waals surface area contributed by atoms with E-state index < -0.39 is 0 Å². The molecule has 4 aromatic rings. The van der Waals surface area contributed by atoms with E-state index >= 15 is 0 Å². The van der Waals surface area contributed by atoms with E-state index in [2.05, 4.69) is 43.6 Å². The van der Waals surface area contributed by atoms with Crippen LogP contribution in [0.25, 0.3) is 16.5 Å². The number of benzene rings is 3. The maximum atomic E-state index is 5.87. The number of ether oxygens (including phenoxy) is 1. The molecule has 118 valence electrons. The van der Waals surface area contributed by atoms with Crippen molar-refractivity contribution in [2.24, 2.45) is 0 Å². The van der Waals surface area contributed by atoms with Crippen LogP contribution in [0.15, 0.2) is 71.2 Å². The molecule has 6 heteroatoms. The molecule has 0 saturated heterocycles. The summed E-state index contributed by atoms with van der Waals surface area (Å²) in [4.78, 5) is 0. The van der Waals surface area contributed by atoms with Crippen LogP contribution in [0.4, 0.5) is 0 Å². The molecule has 0 unspecified atom stereocenters. The van der Waals surface area contributed by atoms with Crippen molar-refractivity contribution in [3.8, 4) is 11.4 Å². The second-order valence-electron chi connectivity index (χ2n) is 5.28. The second kappa shape index (κ2) is 6.41. The molecule has 0 aliphatic rings. The fourth-order valence-corrected chi connectivity index (χ4v) is 2.75. The van der Waals surface area contributed by atoms with Gasteiger partial charge in [-0.25, -0.2) is 0 Å². The number of nitrogens with zero attached hydrogens (tertiary/aromatic N) is 4. The van der Waals surface area contributed by atoms with E-state index in [4.69, 9.17) is 4.74 Å². The summed E-state index contributed by atoms with van der Waals surface area (Å²) < 4.78 is 8.55. The highest BCUT2D eigenvalue weighted by Gasteiger charge is 2.09. The summed E-state index contributed by atoms with van der Waals surface area (Å²) in [5.41, 5.74) is 0.889. The minimum atomic E-state index is 0.293. The van der Waals surface area contributed by atoms with E-state index in [0.717, 1.165) is 21.3 Å². The number of fused-ring (bicyclic) bond motifs is 1. The fraction of sp³-hybridized carbons (Fsp3) is 0.0556. The molecule has 3 aromatic carbocycles. The quantitative estimate of drug-likeness (QED) is 0.533. The molecule has 24 heavy (non-hydrogen) atoms. The topological polar surface area (TPSA) is 52.8 Å². The monoisotopic (exact) mass is 380 g/mol. The van der Waals surface area contributed by atoms with Crippen molar-refractivity contribution < 1.29 is 4.74 Å². The highest BCUT2D eigenvalue weighted by Crippen LogP contribution is 2.21. The summed E-state index contributed by atoms with van der Waals surface area (Å²) in [7, 11) is 0. The van der Waals surface area contributed by atoms with Gasteiger partial charge in [-0.05, 0) is 57.6 Å². The maximum absolute atomic E-state index is 5.87. The van der Waals surface area contributed by atoms with E-state index in [1.54, 1.807) is 4.68 Å². The van der Waals surface area contributed by atoms with Gasteiger partial charge in [-0.3, -0.25) is 0 Å². The van der Waals surface area contributed by atoms with Crippen molar-refractivity contribution in [1.82, 2.24) is 20.2 Å². The van der Waals surface area contributed by atoms with Gasteiger partial charge in [0.05, 0.1) is 5.69 Å². The minimum Gasteiger partial charge on any atom is -0.486 e. The summed E-state index contributed by atoms with van der Waals surface area (Å²) in [6.45, 7) is 0.293. The van der Waals surface area contributed by atoms with E-state index in [1.807, 2.05) is 54.6 Å². The molecular formula is C18H13BrN4O. The zero-order chi connectivity index (χ0) is 16.4. The molecule has 0 fully saturated rings. The predicted molar refractivity (Wildman–Crippen MR) is 95.1 cm³/mol. The highest BCUT2D eigenvalue weighted by atomic mass is 79.9. The molecular weight excluding hydrogens is 368 g/mol. The first-order valence-corrected chi connectivity index (χ1v) is 8.24. The van der Waals surface area contributed by atoms with Crippen LogP contribution in [0.3, 0.4) is 0 Å². The molecule has 0 saturated carbocycles. The third-order valence-electron chi connectivity index (χ3n) is 3.69. The summed E-state index contributed by atoms with van der Waals surface area (Å²) in [5.74, 6) is 1.43. The fourth-order valence-electron chi connectivity index (χ4n) is 2.48. The first-order valence-electron chi connectivity index (χ1n) is 7.44. The Hall–Kier alpha value is -2.73. The number of rotatable bonds is 4. The molecule has 5 nitrogen and oxygen atoms in total. The van der Waals surface area contributed by atoms with Crippen molar-refractivity contribution in [3.63, 3.8) is 0 Å². The second-order valence-corrected chi connectivity index (χ2v) is 6.20. The third kappa shape index (κ3) is 3.00. The van der Waals surface area contributed by atoms with Crippen molar-refractivity contribution >= 4 is 26.7 Å². The molecule has 0 spiro atoms. The van der Waals surface area contributed by atoms with Gasteiger partial charge in [-0.2, -0.15) is 4.68 Å². The van der Waals surface area contributed by atoms with E-state index in [1.165, 1.54) is 5.39 Å². The highest BCUT2D eigenvalue weighted by molar-refractivity contribution is 9.10. The Morgan fingerprint density at radius 2 is 1.71 bits per heavy atom. The van der Waals surface area contributed by atoms with Crippen LogP contribution in [-0.4, -0.2) is 20.2 Å². The average Bonchev–Trinajstić information content (AvgIpc) is 3.09. The molecule has 1 heterocycles. The Morgan fingerprint density at radius 3 is 2.54 bits per heavy atom. The largest absolute Gasteiger partial charge is 0.486 e. The van der Waals surface area contributed by atoms with Crippen molar-refractivity contribution in [2.45, 2.75) is 6.61 Å². The lowest BCUT2D eigenvalue weighted by Crippen LogP contribution is -2.06. The first kappa shape index (κ1) is 14.8. The number of halogens is 1. The lowest BCUT2D eigenvalue weighted by molar-refractivity contribution is 0.292. The zero-order valence-corrected chi connectivity index (χ0v) is 14.2. The molecule has 0 amide bonds. The zero-order valence-electron chi connectivity index (χ0n) is 12.6. The van der Waals surface area contributed by atoms with Gasteiger partial charge in [0.25, 0.3) is 0 Å². The molecule has 0 aliphatic carbocycles. The van der Waals surface area contributed by atoms with Gasteiger partial charge < -0.3 is 4.74 Å². The standard InChI is InChI=1S/C18H13BrN4O/c19-15-6-8-16(9-7-15)23-18(20-21-22-23)12-24-17-10-5-13-3-1-2-4-14(13)11-17/h1-11H,12H2. The van der Waals surface area contributed by atoms with Crippen LogP contribution in [-0.2, 0) is 6.61 Å². The Kier molecular flexibility index (Phi) is 3.96. The Balaban J connectivity index is 1.55. The minimum absolute atomic E-state index is 0.293. The van der Waals surface area contributed by atoms with E-state index in [0.29, 0.717) is 12.4 Å². The van der Waals surface area contributed by atoms with Gasteiger partial charge in [0.1, 0.15) is 12.4 Å². The van der Waals surface area contributed by atoms with Crippen molar-refractivity contribution in [2.75, 3.05) is 0 Å². The maximum Gasteiger partial charge on any atom is 0.194 e. The van der Waals surface area contributed by atoms with Crippen LogP contribution < -0.4 is 4.74 Å². The molecule has 4 rings (SSSR count). The lowest BCUT2D eigenvalue weighted by Gasteiger charge is -2.08. The van der Waals surface area contributed by atoms with Gasteiger partial charge in [0, 0.05) is 4.47 Å². The lowest BCUT2D eigenvalue weighted by atomic mass is 10.1. The van der Waals surface area contributed by atoms with Crippen LogP contribution >= 0.6 is 15.9 Å². The molecule has 0 aliphatic heterocycles. The Morgan fingerprint density at radius 1 is 0.917 bits per heavy atom.